The van der Waals surface area contributed by atoms with Crippen molar-refractivity contribution in [1.82, 2.24) is 0 Å². The van der Waals surface area contributed by atoms with Crippen LogP contribution in [0.3, 0.4) is 0 Å². The van der Waals surface area contributed by atoms with Crippen molar-refractivity contribution < 1.29 is 9.26 Å². The lowest BCUT2D eigenvalue weighted by molar-refractivity contribution is -0.165. The summed E-state index contributed by atoms with van der Waals surface area (Å²) in [4.78, 5) is 0. The third-order valence-electron chi connectivity index (χ3n) is 0.868. The van der Waals surface area contributed by atoms with E-state index in [0.29, 0.717) is 8.81 Å². The van der Waals surface area contributed by atoms with Crippen LogP contribution < -0.4 is 5.73 Å². The summed E-state index contributed by atoms with van der Waals surface area (Å²) < 4.78 is 10.1. The highest BCUT2D eigenvalue weighted by Crippen LogP contribution is 2.25. The first-order valence-corrected chi connectivity index (χ1v) is 3.66. The molecule has 0 aromatic heterocycles. The van der Waals surface area contributed by atoms with Crippen molar-refractivity contribution in [2.45, 2.75) is 12.8 Å². The largest absolute Gasteiger partial charge is 0.337 e. The van der Waals surface area contributed by atoms with Crippen molar-refractivity contribution in [3.63, 3.8) is 0 Å². The maximum Gasteiger partial charge on any atom is 0.224 e. The van der Waals surface area contributed by atoms with Crippen LogP contribution in [0.2, 0.25) is 0 Å². The summed E-state index contributed by atoms with van der Waals surface area (Å²) in [6, 6.07) is 0. The molecule has 2 atom stereocenters. The molecule has 2 N–H and O–H groups in total. The molecule has 1 fully saturated rings. The summed E-state index contributed by atoms with van der Waals surface area (Å²) in [6.07, 6.45) is 0.979. The average Bonchev–Trinajstić information content (AvgIpc) is 1.65. The minimum absolute atomic E-state index is 0.503. The highest BCUT2D eigenvalue weighted by atomic mass is 31.1. The first-order chi connectivity index (χ1) is 3.71. The second kappa shape index (κ2) is 2.28. The summed E-state index contributed by atoms with van der Waals surface area (Å²) in [5.74, 6) is -0.809. The van der Waals surface area contributed by atoms with Crippen LogP contribution in [-0.2, 0) is 9.26 Å². The second-order valence-corrected chi connectivity index (χ2v) is 2.85. The van der Waals surface area contributed by atoms with Gasteiger partial charge in [-0.1, -0.05) is 0 Å². The topological polar surface area (TPSA) is 44.5 Å². The smallest absolute Gasteiger partial charge is 0.224 e. The van der Waals surface area contributed by atoms with Gasteiger partial charge in [0, 0.05) is 21.9 Å². The lowest BCUT2D eigenvalue weighted by atomic mass is 10.6. The van der Waals surface area contributed by atoms with Gasteiger partial charge >= 0.3 is 0 Å². The Balaban J connectivity index is 2.33. The fourth-order valence-corrected chi connectivity index (χ4v) is 1.15. The minimum Gasteiger partial charge on any atom is -0.337 e. The van der Waals surface area contributed by atoms with Gasteiger partial charge in [0.2, 0.25) is 5.91 Å². The van der Waals surface area contributed by atoms with Crippen molar-refractivity contribution in [1.29, 1.82) is 0 Å². The van der Waals surface area contributed by atoms with Crippen molar-refractivity contribution >= 4 is 8.81 Å². The Bertz CT molecular complexity index is 78.1. The van der Waals surface area contributed by atoms with Gasteiger partial charge in [0.15, 0.2) is 0 Å². The molecule has 1 heterocycles. The van der Waals surface area contributed by atoms with Crippen molar-refractivity contribution in [3.05, 3.63) is 0 Å². The second-order valence-electron chi connectivity index (χ2n) is 1.86. The summed E-state index contributed by atoms with van der Waals surface area (Å²) in [5.41, 5.74) is 5.44. The van der Waals surface area contributed by atoms with Crippen LogP contribution in [0.5, 0.6) is 0 Å². The zero-order valence-electron chi connectivity index (χ0n) is 4.81. The normalized spacial score (nSPS) is 42.8. The SMILES string of the molecule is CC1(N)OCCPO1. The van der Waals surface area contributed by atoms with Gasteiger partial charge in [0.25, 0.3) is 0 Å². The number of hydrogen-bond donors (Lipinski definition) is 1. The van der Waals surface area contributed by atoms with E-state index in [1.54, 1.807) is 6.92 Å². The Morgan fingerprint density at radius 3 is 2.75 bits per heavy atom. The quantitative estimate of drug-likeness (QED) is 0.484. The molecule has 1 aliphatic heterocycles. The van der Waals surface area contributed by atoms with Crippen LogP contribution in [0, 0.1) is 0 Å². The van der Waals surface area contributed by atoms with E-state index in [9.17, 15) is 0 Å². The van der Waals surface area contributed by atoms with Crippen LogP contribution in [-0.4, -0.2) is 18.7 Å². The van der Waals surface area contributed by atoms with E-state index >= 15 is 0 Å². The molecule has 1 aliphatic rings. The first-order valence-electron chi connectivity index (χ1n) is 2.54. The van der Waals surface area contributed by atoms with Crippen molar-refractivity contribution in [3.8, 4) is 0 Å². The molecule has 1 saturated heterocycles. The molecule has 2 unspecified atom stereocenters. The fraction of sp³-hybridized carbons (Fsp3) is 1.00. The molecule has 0 radical (unpaired) electrons. The zero-order chi connectivity index (χ0) is 6.04. The van der Waals surface area contributed by atoms with Gasteiger partial charge in [-0.25, -0.2) is 0 Å². The zero-order valence-corrected chi connectivity index (χ0v) is 5.81. The molecule has 0 saturated carbocycles. The van der Waals surface area contributed by atoms with Crippen LogP contribution in [0.15, 0.2) is 0 Å². The summed E-state index contributed by atoms with van der Waals surface area (Å²) in [7, 11) is 0.503. The van der Waals surface area contributed by atoms with Gasteiger partial charge < -0.3 is 9.26 Å². The highest BCUT2D eigenvalue weighted by molar-refractivity contribution is 7.32. The first kappa shape index (κ1) is 6.43. The molecular formula is C4H10NO2P. The summed E-state index contributed by atoms with van der Waals surface area (Å²) >= 11 is 0. The molecule has 0 aromatic rings. The van der Waals surface area contributed by atoms with Gasteiger partial charge in [-0.05, 0) is 0 Å². The predicted octanol–water partition coefficient (Wildman–Crippen LogP) is 0.259. The van der Waals surface area contributed by atoms with Crippen LogP contribution in [0.1, 0.15) is 6.92 Å². The Kier molecular flexibility index (Phi) is 1.83. The molecule has 0 amide bonds. The van der Waals surface area contributed by atoms with Crippen LogP contribution in [0.25, 0.3) is 0 Å². The van der Waals surface area contributed by atoms with Crippen LogP contribution in [0.4, 0.5) is 0 Å². The lowest BCUT2D eigenvalue weighted by Gasteiger charge is -2.28. The van der Waals surface area contributed by atoms with Gasteiger partial charge in [-0.15, -0.1) is 0 Å². The summed E-state index contributed by atoms with van der Waals surface area (Å²) in [6.45, 7) is 2.45. The molecule has 1 rings (SSSR count). The summed E-state index contributed by atoms with van der Waals surface area (Å²) in [5, 5.41) is 0. The van der Waals surface area contributed by atoms with Crippen LogP contribution >= 0.6 is 8.81 Å². The van der Waals surface area contributed by atoms with Gasteiger partial charge in [-0.3, -0.25) is 5.73 Å². The van der Waals surface area contributed by atoms with E-state index in [0.717, 1.165) is 12.8 Å². The number of nitrogens with two attached hydrogens (primary N) is 1. The number of hydrogen-bond acceptors (Lipinski definition) is 3. The van der Waals surface area contributed by atoms with Crippen molar-refractivity contribution in [2.24, 2.45) is 5.73 Å². The standard InChI is InChI=1S/C4H10NO2P/c1-4(5)6-2-3-8-7-4/h8H,2-3,5H2,1H3. The monoisotopic (exact) mass is 135 g/mol. The number of ether oxygens (including phenoxy) is 1. The van der Waals surface area contributed by atoms with Gasteiger partial charge in [-0.2, -0.15) is 0 Å². The van der Waals surface area contributed by atoms with E-state index in [1.807, 2.05) is 0 Å². The average molecular weight is 135 g/mol. The molecule has 3 nitrogen and oxygen atoms in total. The lowest BCUT2D eigenvalue weighted by Crippen LogP contribution is -2.43. The third kappa shape index (κ3) is 1.67. The Hall–Kier alpha value is 0.310. The molecule has 4 heteroatoms. The number of rotatable bonds is 0. The maximum atomic E-state index is 5.44. The molecule has 0 bridgehead atoms. The van der Waals surface area contributed by atoms with E-state index < -0.39 is 5.91 Å². The van der Waals surface area contributed by atoms with E-state index in [-0.39, 0.29) is 0 Å². The third-order valence-corrected chi connectivity index (χ3v) is 1.83. The molecule has 8 heavy (non-hydrogen) atoms. The van der Waals surface area contributed by atoms with Crippen molar-refractivity contribution in [2.75, 3.05) is 12.8 Å². The Morgan fingerprint density at radius 1 is 1.75 bits per heavy atom. The van der Waals surface area contributed by atoms with Gasteiger partial charge in [0.05, 0.1) is 6.61 Å². The van der Waals surface area contributed by atoms with E-state index in [4.69, 9.17) is 15.0 Å². The molecule has 0 aromatic carbocycles. The molecule has 48 valence electrons. The highest BCUT2D eigenvalue weighted by Gasteiger charge is 2.22. The molecule has 0 aliphatic carbocycles. The Morgan fingerprint density at radius 2 is 2.50 bits per heavy atom. The maximum absolute atomic E-state index is 5.44. The Labute approximate surface area is 50.4 Å². The van der Waals surface area contributed by atoms with E-state index in [2.05, 4.69) is 0 Å². The predicted molar refractivity (Wildman–Crippen MR) is 32.8 cm³/mol. The van der Waals surface area contributed by atoms with Gasteiger partial charge in [0.1, 0.15) is 0 Å². The van der Waals surface area contributed by atoms with E-state index in [1.165, 1.54) is 0 Å². The molecular weight excluding hydrogens is 125 g/mol. The fourth-order valence-electron chi connectivity index (χ4n) is 0.519. The minimum atomic E-state index is -0.809. The molecule has 0 spiro atoms.